The molecule has 0 rings (SSSR count). The van der Waals surface area contributed by atoms with Gasteiger partial charge in [-0.1, -0.05) is 13.8 Å². The zero-order valence-electron chi connectivity index (χ0n) is 9.56. The average molecular weight is 223 g/mol. The molecule has 0 aromatic heterocycles. The minimum absolute atomic E-state index is 0.0472. The summed E-state index contributed by atoms with van der Waals surface area (Å²) >= 11 is 0. The van der Waals surface area contributed by atoms with Crippen LogP contribution in [0.15, 0.2) is 0 Å². The number of hydrogen-bond donors (Lipinski definition) is 1. The fourth-order valence-corrected chi connectivity index (χ4v) is 2.49. The quantitative estimate of drug-likeness (QED) is 0.745. The van der Waals surface area contributed by atoms with E-state index in [1.807, 2.05) is 20.8 Å². The van der Waals surface area contributed by atoms with E-state index in [1.54, 1.807) is 7.05 Å². The number of rotatable bonds is 5. The first kappa shape index (κ1) is 13.9. The molecule has 0 saturated heterocycles. The highest BCUT2D eigenvalue weighted by Gasteiger charge is 2.29. The van der Waals surface area contributed by atoms with Crippen LogP contribution in [-0.4, -0.2) is 42.8 Å². The summed E-state index contributed by atoms with van der Waals surface area (Å²) in [5.41, 5.74) is 0. The van der Waals surface area contributed by atoms with Gasteiger partial charge in [-0.3, -0.25) is 0 Å². The Morgan fingerprint density at radius 3 is 1.93 bits per heavy atom. The van der Waals surface area contributed by atoms with Gasteiger partial charge < -0.3 is 5.11 Å². The lowest BCUT2D eigenvalue weighted by molar-refractivity contribution is 0.277. The van der Waals surface area contributed by atoms with Crippen molar-refractivity contribution in [3.05, 3.63) is 0 Å². The second-order valence-electron chi connectivity index (χ2n) is 4.04. The molecule has 86 valence electrons. The summed E-state index contributed by atoms with van der Waals surface area (Å²) < 4.78 is 24.9. The van der Waals surface area contributed by atoms with Crippen LogP contribution in [0.4, 0.5) is 0 Å². The minimum atomic E-state index is -3.35. The average Bonchev–Trinajstić information content (AvgIpc) is 2.13. The molecule has 0 heterocycles. The third-order valence-corrected chi connectivity index (χ3v) is 5.01. The molecule has 2 unspecified atom stereocenters. The molecule has 0 aromatic rings. The van der Waals surface area contributed by atoms with Crippen LogP contribution in [0.2, 0.25) is 0 Å². The Morgan fingerprint density at radius 2 is 1.64 bits per heavy atom. The van der Waals surface area contributed by atoms with E-state index < -0.39 is 15.3 Å². The molecule has 0 bridgehead atoms. The zero-order valence-corrected chi connectivity index (χ0v) is 10.4. The standard InChI is InChI=1S/C9H21NO3S/c1-7(2)9(4)10(5)14(12,13)8(3)6-11/h7-9,11H,6H2,1-5H3. The van der Waals surface area contributed by atoms with Crippen LogP contribution in [0.25, 0.3) is 0 Å². The Labute approximate surface area is 87.0 Å². The molecular weight excluding hydrogens is 202 g/mol. The lowest BCUT2D eigenvalue weighted by atomic mass is 10.1. The van der Waals surface area contributed by atoms with E-state index in [9.17, 15) is 8.42 Å². The van der Waals surface area contributed by atoms with E-state index in [0.717, 1.165) is 0 Å². The molecule has 0 aliphatic heterocycles. The van der Waals surface area contributed by atoms with Gasteiger partial charge in [-0.15, -0.1) is 0 Å². The predicted molar refractivity (Wildman–Crippen MR) is 57.5 cm³/mol. The van der Waals surface area contributed by atoms with Gasteiger partial charge in [0.2, 0.25) is 10.0 Å². The molecule has 0 spiro atoms. The summed E-state index contributed by atoms with van der Waals surface area (Å²) in [6.07, 6.45) is 0. The van der Waals surface area contributed by atoms with Crippen LogP contribution < -0.4 is 0 Å². The third-order valence-electron chi connectivity index (χ3n) is 2.71. The van der Waals surface area contributed by atoms with Gasteiger partial charge in [-0.25, -0.2) is 12.7 Å². The monoisotopic (exact) mass is 223 g/mol. The second-order valence-corrected chi connectivity index (χ2v) is 6.45. The van der Waals surface area contributed by atoms with Crippen molar-refractivity contribution in [2.24, 2.45) is 5.92 Å². The van der Waals surface area contributed by atoms with Crippen LogP contribution in [0.3, 0.4) is 0 Å². The number of hydrogen-bond acceptors (Lipinski definition) is 3. The smallest absolute Gasteiger partial charge is 0.218 e. The largest absolute Gasteiger partial charge is 0.395 e. The maximum absolute atomic E-state index is 11.8. The van der Waals surface area contributed by atoms with Crippen molar-refractivity contribution in [1.29, 1.82) is 0 Å². The molecule has 0 amide bonds. The van der Waals surface area contributed by atoms with Gasteiger partial charge in [0.25, 0.3) is 0 Å². The molecule has 4 nitrogen and oxygen atoms in total. The summed E-state index contributed by atoms with van der Waals surface area (Å²) in [7, 11) is -1.79. The SMILES string of the molecule is CC(C)C(C)N(C)S(=O)(=O)C(C)CO. The second kappa shape index (κ2) is 5.09. The summed E-state index contributed by atoms with van der Waals surface area (Å²) in [5, 5.41) is 8.11. The Bertz CT molecular complexity index is 261. The van der Waals surface area contributed by atoms with E-state index in [0.29, 0.717) is 0 Å². The Kier molecular flexibility index (Phi) is 5.05. The van der Waals surface area contributed by atoms with E-state index in [2.05, 4.69) is 0 Å². The molecule has 0 aromatic carbocycles. The highest BCUT2D eigenvalue weighted by Crippen LogP contribution is 2.15. The van der Waals surface area contributed by atoms with Gasteiger partial charge in [0.05, 0.1) is 11.9 Å². The van der Waals surface area contributed by atoms with Crippen LogP contribution in [0.1, 0.15) is 27.7 Å². The number of nitrogens with zero attached hydrogens (tertiary/aromatic N) is 1. The first-order valence-electron chi connectivity index (χ1n) is 4.82. The van der Waals surface area contributed by atoms with E-state index >= 15 is 0 Å². The summed E-state index contributed by atoms with van der Waals surface area (Å²) in [6.45, 7) is 6.99. The van der Waals surface area contributed by atoms with Gasteiger partial charge >= 0.3 is 0 Å². The van der Waals surface area contributed by atoms with E-state index in [4.69, 9.17) is 5.11 Å². The van der Waals surface area contributed by atoms with Crippen molar-refractivity contribution in [3.63, 3.8) is 0 Å². The summed E-state index contributed by atoms with van der Waals surface area (Å²) in [4.78, 5) is 0. The number of aliphatic hydroxyl groups is 1. The minimum Gasteiger partial charge on any atom is -0.395 e. The molecule has 2 atom stereocenters. The van der Waals surface area contributed by atoms with Crippen molar-refractivity contribution in [3.8, 4) is 0 Å². The number of sulfonamides is 1. The Morgan fingerprint density at radius 1 is 1.21 bits per heavy atom. The third kappa shape index (κ3) is 2.93. The van der Waals surface area contributed by atoms with E-state index in [1.165, 1.54) is 11.2 Å². The van der Waals surface area contributed by atoms with Crippen LogP contribution >= 0.6 is 0 Å². The van der Waals surface area contributed by atoms with Crippen molar-refractivity contribution in [2.45, 2.75) is 39.0 Å². The van der Waals surface area contributed by atoms with Crippen molar-refractivity contribution < 1.29 is 13.5 Å². The van der Waals surface area contributed by atoms with Gasteiger partial charge in [0.1, 0.15) is 0 Å². The lowest BCUT2D eigenvalue weighted by Crippen LogP contribution is -2.43. The molecular formula is C9H21NO3S. The fraction of sp³-hybridized carbons (Fsp3) is 1.00. The molecule has 0 saturated carbocycles. The van der Waals surface area contributed by atoms with Crippen LogP contribution in [0.5, 0.6) is 0 Å². The van der Waals surface area contributed by atoms with Gasteiger partial charge in [-0.2, -0.15) is 0 Å². The lowest BCUT2D eigenvalue weighted by Gasteiger charge is -2.29. The molecule has 0 radical (unpaired) electrons. The molecule has 5 heteroatoms. The topological polar surface area (TPSA) is 57.6 Å². The van der Waals surface area contributed by atoms with Gasteiger partial charge in [0, 0.05) is 13.1 Å². The zero-order chi connectivity index (χ0) is 11.5. The maximum Gasteiger partial charge on any atom is 0.218 e. The number of aliphatic hydroxyl groups excluding tert-OH is 1. The maximum atomic E-state index is 11.8. The molecule has 0 aliphatic carbocycles. The molecule has 0 fully saturated rings. The Hall–Kier alpha value is -0.130. The molecule has 14 heavy (non-hydrogen) atoms. The van der Waals surface area contributed by atoms with Gasteiger partial charge in [-0.05, 0) is 19.8 Å². The van der Waals surface area contributed by atoms with Crippen molar-refractivity contribution >= 4 is 10.0 Å². The van der Waals surface area contributed by atoms with E-state index in [-0.39, 0.29) is 18.6 Å². The summed E-state index contributed by atoms with van der Waals surface area (Å²) in [5.74, 6) is 0.265. The highest BCUT2D eigenvalue weighted by atomic mass is 32.2. The molecule has 1 N–H and O–H groups in total. The highest BCUT2D eigenvalue weighted by molar-refractivity contribution is 7.89. The van der Waals surface area contributed by atoms with Crippen molar-refractivity contribution in [1.82, 2.24) is 4.31 Å². The molecule has 0 aliphatic rings. The normalized spacial score (nSPS) is 17.4. The van der Waals surface area contributed by atoms with Crippen LogP contribution in [0, 0.1) is 5.92 Å². The van der Waals surface area contributed by atoms with Gasteiger partial charge in [0.15, 0.2) is 0 Å². The first-order valence-corrected chi connectivity index (χ1v) is 6.33. The first-order chi connectivity index (χ1) is 6.25. The summed E-state index contributed by atoms with van der Waals surface area (Å²) in [6, 6.07) is -0.0472. The predicted octanol–water partition coefficient (Wildman–Crippen LogP) is 0.673. The fourth-order valence-electron chi connectivity index (χ4n) is 1.03. The van der Waals surface area contributed by atoms with Crippen LogP contribution in [-0.2, 0) is 10.0 Å². The Balaban J connectivity index is 4.76. The van der Waals surface area contributed by atoms with Crippen molar-refractivity contribution in [2.75, 3.05) is 13.7 Å².